The topological polar surface area (TPSA) is 68.2 Å². The Labute approximate surface area is 142 Å². The van der Waals surface area contributed by atoms with Crippen molar-refractivity contribution in [2.24, 2.45) is 0 Å². The van der Waals surface area contributed by atoms with E-state index in [4.69, 9.17) is 4.74 Å². The van der Waals surface area contributed by atoms with Crippen LogP contribution in [0.2, 0.25) is 0 Å². The molecule has 24 heavy (non-hydrogen) atoms. The molecule has 7 heteroatoms. The highest BCUT2D eigenvalue weighted by Crippen LogP contribution is 2.34. The van der Waals surface area contributed by atoms with Crippen molar-refractivity contribution >= 4 is 22.9 Å². The summed E-state index contributed by atoms with van der Waals surface area (Å²) in [5.74, 6) is 0.581. The van der Waals surface area contributed by atoms with E-state index in [0.29, 0.717) is 28.7 Å². The number of benzene rings is 1. The van der Waals surface area contributed by atoms with E-state index in [2.05, 4.69) is 15.0 Å². The molecular formula is C17H14N4O2S. The molecule has 1 aliphatic rings. The molecule has 0 N–H and O–H groups in total. The molecule has 0 spiro atoms. The van der Waals surface area contributed by atoms with E-state index in [1.165, 1.54) is 11.3 Å². The normalized spacial score (nSPS) is 16.4. The largest absolute Gasteiger partial charge is 0.487 e. The minimum absolute atomic E-state index is 0.0676. The van der Waals surface area contributed by atoms with E-state index < -0.39 is 0 Å². The van der Waals surface area contributed by atoms with Gasteiger partial charge in [0.05, 0.1) is 18.4 Å². The summed E-state index contributed by atoms with van der Waals surface area (Å²) in [6.45, 7) is 2.44. The number of amides is 1. The van der Waals surface area contributed by atoms with Crippen molar-refractivity contribution < 1.29 is 9.53 Å². The highest BCUT2D eigenvalue weighted by molar-refractivity contribution is 7.13. The van der Waals surface area contributed by atoms with Crippen LogP contribution in [0.15, 0.2) is 48.2 Å². The van der Waals surface area contributed by atoms with Gasteiger partial charge in [-0.3, -0.25) is 19.7 Å². The summed E-state index contributed by atoms with van der Waals surface area (Å²) in [6, 6.07) is 7.55. The van der Waals surface area contributed by atoms with E-state index in [0.717, 1.165) is 5.69 Å². The number of carbonyl (C=O) groups is 1. The number of nitrogens with zero attached hydrogens (tertiary/aromatic N) is 4. The van der Waals surface area contributed by atoms with Crippen molar-refractivity contribution in [3.63, 3.8) is 0 Å². The number of hydrogen-bond donors (Lipinski definition) is 0. The fraction of sp³-hybridized carbons (Fsp3) is 0.176. The van der Waals surface area contributed by atoms with Gasteiger partial charge in [0.2, 0.25) is 0 Å². The number of hydrogen-bond acceptors (Lipinski definition) is 6. The quantitative estimate of drug-likeness (QED) is 0.718. The Bertz CT molecular complexity index is 881. The number of anilines is 1. The van der Waals surface area contributed by atoms with Crippen LogP contribution in [-0.2, 0) is 0 Å². The number of carbonyl (C=O) groups excluding carboxylic acids is 1. The second kappa shape index (κ2) is 6.01. The van der Waals surface area contributed by atoms with Gasteiger partial charge >= 0.3 is 0 Å². The lowest BCUT2D eigenvalue weighted by Crippen LogP contribution is -2.42. The number of fused-ring (bicyclic) bond motifs is 1. The molecule has 3 aromatic rings. The van der Waals surface area contributed by atoms with Gasteiger partial charge in [-0.1, -0.05) is 12.1 Å². The maximum Gasteiger partial charge on any atom is 0.278 e. The maximum absolute atomic E-state index is 12.9. The van der Waals surface area contributed by atoms with Gasteiger partial charge in [-0.05, 0) is 19.1 Å². The molecule has 0 fully saturated rings. The Kier molecular flexibility index (Phi) is 3.70. The zero-order valence-corrected chi connectivity index (χ0v) is 13.7. The van der Waals surface area contributed by atoms with Crippen LogP contribution in [0.4, 0.5) is 5.69 Å². The van der Waals surface area contributed by atoms with E-state index >= 15 is 0 Å². The summed E-state index contributed by atoms with van der Waals surface area (Å²) < 4.78 is 5.79. The molecule has 1 unspecified atom stereocenters. The van der Waals surface area contributed by atoms with Crippen molar-refractivity contribution in [3.05, 3.63) is 53.9 Å². The molecule has 3 heterocycles. The molecule has 0 aliphatic carbocycles. The Morgan fingerprint density at radius 1 is 1.33 bits per heavy atom. The molecule has 4 rings (SSSR count). The van der Waals surface area contributed by atoms with Crippen molar-refractivity contribution in [3.8, 4) is 16.5 Å². The van der Waals surface area contributed by atoms with Crippen molar-refractivity contribution in [2.45, 2.75) is 13.0 Å². The number of aromatic nitrogens is 3. The van der Waals surface area contributed by atoms with Crippen molar-refractivity contribution in [1.82, 2.24) is 15.0 Å². The average molecular weight is 338 g/mol. The number of rotatable bonds is 2. The summed E-state index contributed by atoms with van der Waals surface area (Å²) in [5, 5.41) is 2.44. The van der Waals surface area contributed by atoms with E-state index in [-0.39, 0.29) is 12.0 Å². The Hall–Kier alpha value is -2.80. The third-order valence-corrected chi connectivity index (χ3v) is 4.54. The second-order valence-electron chi connectivity index (χ2n) is 5.44. The number of ether oxygens (including phenoxy) is 1. The summed E-state index contributed by atoms with van der Waals surface area (Å²) in [5.41, 5.74) is 1.84. The van der Waals surface area contributed by atoms with Gasteiger partial charge in [0.25, 0.3) is 5.91 Å². The first-order chi connectivity index (χ1) is 11.7. The average Bonchev–Trinajstić information content (AvgIpc) is 3.11. The number of thiazole rings is 1. The van der Waals surface area contributed by atoms with Crippen LogP contribution in [0.25, 0.3) is 10.7 Å². The third-order valence-electron chi connectivity index (χ3n) is 3.67. The molecule has 0 radical (unpaired) electrons. The summed E-state index contributed by atoms with van der Waals surface area (Å²) in [7, 11) is 0. The molecule has 1 aliphatic heterocycles. The second-order valence-corrected chi connectivity index (χ2v) is 6.30. The van der Waals surface area contributed by atoms with Gasteiger partial charge in [-0.15, -0.1) is 11.3 Å². The molecule has 0 saturated carbocycles. The predicted octanol–water partition coefficient (Wildman–Crippen LogP) is 3.03. The van der Waals surface area contributed by atoms with Crippen LogP contribution >= 0.6 is 11.3 Å². The van der Waals surface area contributed by atoms with Gasteiger partial charge in [-0.2, -0.15) is 0 Å². The Balaban J connectivity index is 1.66. The molecule has 1 amide bonds. The van der Waals surface area contributed by atoms with E-state index in [9.17, 15) is 4.79 Å². The predicted molar refractivity (Wildman–Crippen MR) is 91.3 cm³/mol. The van der Waals surface area contributed by atoms with Gasteiger partial charge < -0.3 is 4.74 Å². The molecule has 120 valence electrons. The lowest BCUT2D eigenvalue weighted by Gasteiger charge is -2.32. The van der Waals surface area contributed by atoms with E-state index in [1.807, 2.05) is 31.2 Å². The molecular weight excluding hydrogens is 324 g/mol. The minimum Gasteiger partial charge on any atom is -0.487 e. The summed E-state index contributed by atoms with van der Waals surface area (Å²) in [4.78, 5) is 27.3. The van der Waals surface area contributed by atoms with Gasteiger partial charge in [-0.25, -0.2) is 4.98 Å². The lowest BCUT2D eigenvalue weighted by molar-refractivity contribution is 0.0957. The van der Waals surface area contributed by atoms with Crippen molar-refractivity contribution in [2.75, 3.05) is 11.4 Å². The molecule has 1 aromatic carbocycles. The van der Waals surface area contributed by atoms with E-state index in [1.54, 1.807) is 28.9 Å². The lowest BCUT2D eigenvalue weighted by atomic mass is 10.2. The first kappa shape index (κ1) is 14.8. The van der Waals surface area contributed by atoms with Crippen LogP contribution in [0.3, 0.4) is 0 Å². The molecule has 0 bridgehead atoms. The third kappa shape index (κ3) is 2.63. The van der Waals surface area contributed by atoms with Gasteiger partial charge in [0.1, 0.15) is 28.2 Å². The number of para-hydroxylation sites is 2. The van der Waals surface area contributed by atoms with Crippen LogP contribution in [0, 0.1) is 0 Å². The highest BCUT2D eigenvalue weighted by Gasteiger charge is 2.29. The zero-order valence-electron chi connectivity index (χ0n) is 12.9. The zero-order chi connectivity index (χ0) is 16.5. The van der Waals surface area contributed by atoms with Gasteiger partial charge in [0.15, 0.2) is 0 Å². The smallest absolute Gasteiger partial charge is 0.278 e. The van der Waals surface area contributed by atoms with Crippen LogP contribution in [0.5, 0.6) is 5.75 Å². The first-order valence-corrected chi connectivity index (χ1v) is 8.40. The summed E-state index contributed by atoms with van der Waals surface area (Å²) >= 11 is 1.38. The Morgan fingerprint density at radius 3 is 3.04 bits per heavy atom. The first-order valence-electron chi connectivity index (χ1n) is 7.52. The Morgan fingerprint density at radius 2 is 2.21 bits per heavy atom. The van der Waals surface area contributed by atoms with Crippen LogP contribution in [0.1, 0.15) is 17.4 Å². The molecule has 0 saturated heterocycles. The fourth-order valence-electron chi connectivity index (χ4n) is 2.62. The van der Waals surface area contributed by atoms with Gasteiger partial charge in [0, 0.05) is 17.8 Å². The minimum atomic E-state index is -0.135. The molecule has 1 atom stereocenters. The maximum atomic E-state index is 12.9. The molecule has 2 aromatic heterocycles. The molecule has 6 nitrogen and oxygen atoms in total. The van der Waals surface area contributed by atoms with Crippen LogP contribution < -0.4 is 9.64 Å². The van der Waals surface area contributed by atoms with Crippen LogP contribution in [-0.4, -0.2) is 33.5 Å². The fourth-order valence-corrected chi connectivity index (χ4v) is 3.37. The summed E-state index contributed by atoms with van der Waals surface area (Å²) in [6.07, 6.45) is 4.79. The van der Waals surface area contributed by atoms with Crippen molar-refractivity contribution in [1.29, 1.82) is 0 Å². The standard InChI is InChI=1S/C17H14N4O2S/c1-11-9-21(14-4-2-3-5-15(14)23-11)17(22)13-10-24-16(20-13)12-8-18-6-7-19-12/h2-8,10-11H,9H2,1H3. The monoisotopic (exact) mass is 338 g/mol. The highest BCUT2D eigenvalue weighted by atomic mass is 32.1. The SMILES string of the molecule is CC1CN(C(=O)c2csc(-c3cnccn3)n2)c2ccccc2O1.